The molecule has 3 amide bonds. The smallest absolute Gasteiger partial charge is 0.407 e. The largest absolute Gasteiger partial charge is 0.481 e. The fourth-order valence-electron chi connectivity index (χ4n) is 4.57. The molecule has 0 saturated heterocycles. The van der Waals surface area contributed by atoms with E-state index >= 15 is 0 Å². The molecule has 4 atom stereocenters. The van der Waals surface area contributed by atoms with Crippen molar-refractivity contribution in [1.29, 1.82) is 0 Å². The number of carboxylic acid groups (broad SMARTS) is 1. The molecule has 0 aromatic carbocycles. The van der Waals surface area contributed by atoms with Crippen molar-refractivity contribution in [3.8, 4) is 0 Å². The summed E-state index contributed by atoms with van der Waals surface area (Å²) in [4.78, 5) is 63.7. The van der Waals surface area contributed by atoms with Crippen LogP contribution in [0.25, 0.3) is 0 Å². The summed E-state index contributed by atoms with van der Waals surface area (Å²) in [6.07, 6.45) is 1.78. The zero-order valence-corrected chi connectivity index (χ0v) is 30.0. The number of carbonyl (C=O) groups excluding carboxylic acids is 4. The lowest BCUT2D eigenvalue weighted by Crippen LogP contribution is -2.56. The average molecular weight is 697 g/mol. The lowest BCUT2D eigenvalue weighted by Gasteiger charge is -2.32. The second-order valence-electron chi connectivity index (χ2n) is 12.5. The van der Waals surface area contributed by atoms with E-state index in [0.29, 0.717) is 11.1 Å². The van der Waals surface area contributed by atoms with Crippen molar-refractivity contribution in [2.45, 2.75) is 90.7 Å². The number of ether oxygens (including phenoxy) is 2. The first kappa shape index (κ1) is 42.2. The van der Waals surface area contributed by atoms with Gasteiger partial charge >= 0.3 is 18.0 Å². The molecule has 11 nitrogen and oxygen atoms in total. The summed E-state index contributed by atoms with van der Waals surface area (Å²) in [7, 11) is 1.39. The van der Waals surface area contributed by atoms with E-state index in [0.717, 1.165) is 10.5 Å². The first-order chi connectivity index (χ1) is 20.4. The van der Waals surface area contributed by atoms with Crippen molar-refractivity contribution in [3.63, 3.8) is 0 Å². The number of alkyl halides is 3. The topological polar surface area (TPSA) is 151 Å². The van der Waals surface area contributed by atoms with Gasteiger partial charge in [0.05, 0.1) is 6.42 Å². The fourth-order valence-corrected chi connectivity index (χ4v) is 4.73. The molecular formula is C31H48Cl3N3O8. The van der Waals surface area contributed by atoms with Crippen LogP contribution in [0.1, 0.15) is 68.7 Å². The Hall–Kier alpha value is -2.76. The molecule has 0 saturated carbocycles. The number of hydrogen-bond donors (Lipinski definition) is 3. The number of esters is 1. The number of nitrogens with one attached hydrogen (secondary N) is 2. The molecule has 0 radical (unpaired) electrons. The summed E-state index contributed by atoms with van der Waals surface area (Å²) < 4.78 is 8.71. The Bertz CT molecular complexity index is 1160. The van der Waals surface area contributed by atoms with E-state index in [2.05, 4.69) is 23.3 Å². The van der Waals surface area contributed by atoms with Crippen LogP contribution < -0.4 is 10.6 Å². The van der Waals surface area contributed by atoms with Crippen molar-refractivity contribution in [2.75, 3.05) is 20.2 Å². The number of likely N-dealkylation sites (N-methyl/N-ethyl adjacent to an activating group) is 1. The summed E-state index contributed by atoms with van der Waals surface area (Å²) in [5.74, 6) is -3.98. The van der Waals surface area contributed by atoms with Gasteiger partial charge in [-0.05, 0) is 37.7 Å². The molecule has 0 unspecified atom stereocenters. The molecule has 0 bridgehead atoms. The summed E-state index contributed by atoms with van der Waals surface area (Å²) in [5.41, 5.74) is 1.87. The minimum absolute atomic E-state index is 0.0969. The van der Waals surface area contributed by atoms with Crippen LogP contribution in [0.3, 0.4) is 0 Å². The normalized spacial score (nSPS) is 15.3. The Morgan fingerprint density at radius 3 is 2.04 bits per heavy atom. The third-order valence-corrected chi connectivity index (χ3v) is 6.77. The standard InChI is InChI=1S/C31H48Cl3N3O8/c1-17(2)25(37(11)28(42)22(7)36-29(43)44-16-31(32,33)34)27(41)35-15-24(40)45-26(21(6)19(4)13-23(38)39)20(5)12-18(3)14-30(8,9)10/h12,14,17,21-22,25-26H,4,13,15-16H2,1-3,5-11H3,(H,35,41)(H,36,43)(H,38,39)/b18-14+,20-12+/t21-,22-,25-,26-/m0/s1. The number of carboxylic acids is 1. The van der Waals surface area contributed by atoms with E-state index in [9.17, 15) is 29.1 Å². The monoisotopic (exact) mass is 695 g/mol. The van der Waals surface area contributed by atoms with Crippen molar-refractivity contribution < 1.29 is 38.6 Å². The highest BCUT2D eigenvalue weighted by Gasteiger charge is 2.34. The zero-order chi connectivity index (χ0) is 35.4. The number of hydrogen-bond acceptors (Lipinski definition) is 7. The average Bonchev–Trinajstić information content (AvgIpc) is 2.86. The number of alkyl carbamates (subject to hydrolysis) is 1. The van der Waals surface area contributed by atoms with Gasteiger partial charge < -0.3 is 30.1 Å². The minimum Gasteiger partial charge on any atom is -0.481 e. The van der Waals surface area contributed by atoms with Crippen LogP contribution in [0.5, 0.6) is 0 Å². The molecule has 0 fully saturated rings. The van der Waals surface area contributed by atoms with E-state index in [-0.39, 0.29) is 17.8 Å². The van der Waals surface area contributed by atoms with E-state index in [1.165, 1.54) is 14.0 Å². The molecule has 0 aromatic heterocycles. The van der Waals surface area contributed by atoms with Gasteiger partial charge in [-0.1, -0.05) is 106 Å². The molecule has 3 N–H and O–H groups in total. The SMILES string of the molecule is C=C(CC(=O)O)[C@H](C)[C@@H](OC(=O)CNC(=O)[C@H](C(C)C)N(C)C(=O)[C@H](C)NC(=O)OCC(Cl)(Cl)Cl)/C(C)=C/C(C)=C/C(C)(C)C. The number of aliphatic carboxylic acids is 1. The highest BCUT2D eigenvalue weighted by Crippen LogP contribution is 2.27. The van der Waals surface area contributed by atoms with Crippen LogP contribution in [0.2, 0.25) is 0 Å². The maximum atomic E-state index is 13.2. The number of halogens is 3. The Morgan fingerprint density at radius 2 is 1.58 bits per heavy atom. The van der Waals surface area contributed by atoms with Gasteiger partial charge in [0.25, 0.3) is 0 Å². The quantitative estimate of drug-likeness (QED) is 0.0868. The number of allylic oxidation sites excluding steroid dienone is 3. The first-order valence-electron chi connectivity index (χ1n) is 14.4. The predicted molar refractivity (Wildman–Crippen MR) is 176 cm³/mol. The molecular weight excluding hydrogens is 649 g/mol. The summed E-state index contributed by atoms with van der Waals surface area (Å²) >= 11 is 16.7. The highest BCUT2D eigenvalue weighted by atomic mass is 35.6. The molecule has 45 heavy (non-hydrogen) atoms. The Morgan fingerprint density at radius 1 is 1.02 bits per heavy atom. The molecule has 0 rings (SSSR count). The molecule has 256 valence electrons. The summed E-state index contributed by atoms with van der Waals surface area (Å²) in [6, 6.07) is -2.10. The molecule has 0 spiro atoms. The van der Waals surface area contributed by atoms with E-state index < -0.39 is 70.9 Å². The second kappa shape index (κ2) is 18.4. The van der Waals surface area contributed by atoms with Gasteiger partial charge in [-0.2, -0.15) is 0 Å². The van der Waals surface area contributed by atoms with Crippen molar-refractivity contribution in [1.82, 2.24) is 15.5 Å². The lowest BCUT2D eigenvalue weighted by atomic mass is 9.88. The minimum atomic E-state index is -1.83. The predicted octanol–water partition coefficient (Wildman–Crippen LogP) is 5.59. The fraction of sp³-hybridized carbons (Fsp3) is 0.645. The van der Waals surface area contributed by atoms with Crippen LogP contribution in [-0.2, 0) is 28.7 Å². The molecule has 0 heterocycles. The second-order valence-corrected chi connectivity index (χ2v) is 15.0. The molecule has 0 aromatic rings. The third kappa shape index (κ3) is 16.9. The van der Waals surface area contributed by atoms with E-state index in [1.807, 2.05) is 33.8 Å². The van der Waals surface area contributed by atoms with Crippen molar-refractivity contribution >= 4 is 64.6 Å². The maximum absolute atomic E-state index is 13.2. The molecule has 0 aliphatic heterocycles. The van der Waals surface area contributed by atoms with Crippen LogP contribution in [0.15, 0.2) is 35.5 Å². The van der Waals surface area contributed by atoms with Gasteiger partial charge in [-0.15, -0.1) is 0 Å². The summed E-state index contributed by atoms with van der Waals surface area (Å²) in [6.45, 7) is 19.2. The van der Waals surface area contributed by atoms with Crippen LogP contribution >= 0.6 is 34.8 Å². The van der Waals surface area contributed by atoms with Gasteiger partial charge in [0.2, 0.25) is 15.6 Å². The van der Waals surface area contributed by atoms with Gasteiger partial charge in [0.1, 0.15) is 31.3 Å². The maximum Gasteiger partial charge on any atom is 0.407 e. The zero-order valence-electron chi connectivity index (χ0n) is 27.8. The number of amides is 3. The van der Waals surface area contributed by atoms with Crippen LogP contribution in [0.4, 0.5) is 4.79 Å². The summed E-state index contributed by atoms with van der Waals surface area (Å²) in [5, 5.41) is 14.1. The Kier molecular flexibility index (Phi) is 17.3. The Balaban J connectivity index is 5.72. The van der Waals surface area contributed by atoms with Crippen LogP contribution in [-0.4, -0.2) is 82.0 Å². The van der Waals surface area contributed by atoms with Crippen molar-refractivity contribution in [2.24, 2.45) is 17.3 Å². The van der Waals surface area contributed by atoms with E-state index in [1.54, 1.807) is 27.7 Å². The lowest BCUT2D eigenvalue weighted by molar-refractivity contribution is -0.149. The van der Waals surface area contributed by atoms with Gasteiger partial charge in [0, 0.05) is 13.0 Å². The highest BCUT2D eigenvalue weighted by molar-refractivity contribution is 6.67. The number of rotatable bonds is 15. The van der Waals surface area contributed by atoms with Gasteiger partial charge in [0.15, 0.2) is 0 Å². The molecule has 14 heteroatoms. The molecule has 0 aliphatic carbocycles. The Labute approximate surface area is 281 Å². The van der Waals surface area contributed by atoms with Gasteiger partial charge in [-0.3, -0.25) is 19.2 Å². The number of nitrogens with zero attached hydrogens (tertiary/aromatic N) is 1. The van der Waals surface area contributed by atoms with E-state index in [4.69, 9.17) is 44.3 Å². The van der Waals surface area contributed by atoms with Crippen molar-refractivity contribution in [3.05, 3.63) is 35.5 Å². The molecule has 0 aliphatic rings. The first-order valence-corrected chi connectivity index (χ1v) is 15.5. The number of carbonyl (C=O) groups is 5. The third-order valence-electron chi connectivity index (χ3n) is 6.44. The van der Waals surface area contributed by atoms with Gasteiger partial charge in [-0.25, -0.2) is 4.79 Å². The van der Waals surface area contributed by atoms with Crippen LogP contribution in [0, 0.1) is 17.3 Å².